The van der Waals surface area contributed by atoms with Crippen LogP contribution in [-0.4, -0.2) is 18.0 Å². The minimum absolute atomic E-state index is 0.102. The fraction of sp³-hybridized carbons (Fsp3) is 0.625. The summed E-state index contributed by atoms with van der Waals surface area (Å²) < 4.78 is 12.4. The van der Waals surface area contributed by atoms with Crippen molar-refractivity contribution in [2.24, 2.45) is 0 Å². The SMILES string of the molecule is CCC1OC(CC)(CC)OC1Cc1ccccc1Cl. The predicted molar refractivity (Wildman–Crippen MR) is 78.5 cm³/mol. The van der Waals surface area contributed by atoms with E-state index in [1.165, 1.54) is 0 Å². The van der Waals surface area contributed by atoms with E-state index in [4.69, 9.17) is 21.1 Å². The largest absolute Gasteiger partial charge is 0.344 e. The summed E-state index contributed by atoms with van der Waals surface area (Å²) in [6.07, 6.45) is 3.83. The summed E-state index contributed by atoms with van der Waals surface area (Å²) in [5, 5.41) is 0.812. The van der Waals surface area contributed by atoms with Crippen molar-refractivity contribution >= 4 is 11.6 Å². The first-order valence-electron chi connectivity index (χ1n) is 7.23. The highest BCUT2D eigenvalue weighted by molar-refractivity contribution is 6.31. The second-order valence-corrected chi connectivity index (χ2v) is 5.54. The molecule has 2 rings (SSSR count). The molecule has 106 valence electrons. The van der Waals surface area contributed by atoms with Crippen LogP contribution in [0.15, 0.2) is 24.3 Å². The van der Waals surface area contributed by atoms with Gasteiger partial charge in [-0.15, -0.1) is 0 Å². The fourth-order valence-electron chi connectivity index (χ4n) is 2.71. The summed E-state index contributed by atoms with van der Waals surface area (Å²) in [6.45, 7) is 6.39. The van der Waals surface area contributed by atoms with Gasteiger partial charge in [0.05, 0.1) is 12.2 Å². The molecule has 0 radical (unpaired) electrons. The molecule has 2 unspecified atom stereocenters. The van der Waals surface area contributed by atoms with Gasteiger partial charge >= 0.3 is 0 Å². The van der Waals surface area contributed by atoms with Gasteiger partial charge in [-0.3, -0.25) is 0 Å². The zero-order valence-electron chi connectivity index (χ0n) is 12.0. The summed E-state index contributed by atoms with van der Waals surface area (Å²) in [5.74, 6) is -0.396. The molecule has 0 amide bonds. The first-order chi connectivity index (χ1) is 9.14. The number of ether oxygens (including phenoxy) is 2. The second kappa shape index (κ2) is 6.25. The zero-order chi connectivity index (χ0) is 13.9. The van der Waals surface area contributed by atoms with Crippen LogP contribution in [0.2, 0.25) is 5.02 Å². The monoisotopic (exact) mass is 282 g/mol. The Labute approximate surface area is 121 Å². The Hall–Kier alpha value is -0.570. The van der Waals surface area contributed by atoms with Gasteiger partial charge in [0.2, 0.25) is 0 Å². The van der Waals surface area contributed by atoms with Gasteiger partial charge < -0.3 is 9.47 Å². The molecule has 0 bridgehead atoms. The summed E-state index contributed by atoms with van der Waals surface area (Å²) in [5.41, 5.74) is 1.14. The lowest BCUT2D eigenvalue weighted by molar-refractivity contribution is -0.179. The number of hydrogen-bond donors (Lipinski definition) is 0. The molecule has 1 aliphatic heterocycles. The normalized spacial score (nSPS) is 25.7. The molecule has 2 nitrogen and oxygen atoms in total. The molecule has 1 aliphatic rings. The van der Waals surface area contributed by atoms with Gasteiger partial charge in [-0.25, -0.2) is 0 Å². The summed E-state index contributed by atoms with van der Waals surface area (Å²) in [7, 11) is 0. The van der Waals surface area contributed by atoms with Gasteiger partial charge in [0, 0.05) is 11.4 Å². The maximum absolute atomic E-state index is 6.24. The topological polar surface area (TPSA) is 18.5 Å². The van der Waals surface area contributed by atoms with Gasteiger partial charge in [0.25, 0.3) is 0 Å². The Morgan fingerprint density at radius 3 is 2.26 bits per heavy atom. The lowest BCUT2D eigenvalue weighted by Crippen LogP contribution is -2.29. The summed E-state index contributed by atoms with van der Waals surface area (Å²) >= 11 is 6.24. The Kier molecular flexibility index (Phi) is 4.88. The average molecular weight is 283 g/mol. The number of hydrogen-bond acceptors (Lipinski definition) is 2. The standard InChI is InChI=1S/C16H23ClO2/c1-4-14-15(19-16(5-2,6-3)18-14)11-12-9-7-8-10-13(12)17/h7-10,14-15H,4-6,11H2,1-3H3. The van der Waals surface area contributed by atoms with Crippen molar-refractivity contribution in [2.45, 2.75) is 64.4 Å². The van der Waals surface area contributed by atoms with E-state index in [2.05, 4.69) is 26.8 Å². The Morgan fingerprint density at radius 1 is 1.05 bits per heavy atom. The highest BCUT2D eigenvalue weighted by Gasteiger charge is 2.44. The van der Waals surface area contributed by atoms with Crippen LogP contribution in [0.3, 0.4) is 0 Å². The quantitative estimate of drug-likeness (QED) is 0.786. The van der Waals surface area contributed by atoms with E-state index >= 15 is 0 Å². The maximum atomic E-state index is 6.24. The lowest BCUT2D eigenvalue weighted by Gasteiger charge is -2.25. The van der Waals surface area contributed by atoms with Crippen LogP contribution in [0.5, 0.6) is 0 Å². The molecule has 0 saturated carbocycles. The molecule has 2 atom stereocenters. The van der Waals surface area contributed by atoms with Crippen LogP contribution in [0, 0.1) is 0 Å². The van der Waals surface area contributed by atoms with Gasteiger partial charge in [0.1, 0.15) is 0 Å². The van der Waals surface area contributed by atoms with E-state index in [0.717, 1.165) is 36.3 Å². The van der Waals surface area contributed by atoms with Gasteiger partial charge in [0.15, 0.2) is 5.79 Å². The molecule has 0 aliphatic carbocycles. The highest BCUT2D eigenvalue weighted by atomic mass is 35.5. The van der Waals surface area contributed by atoms with Crippen molar-refractivity contribution in [3.8, 4) is 0 Å². The summed E-state index contributed by atoms with van der Waals surface area (Å²) in [4.78, 5) is 0. The molecule has 1 heterocycles. The molecular weight excluding hydrogens is 260 g/mol. The minimum Gasteiger partial charge on any atom is -0.344 e. The molecule has 0 N–H and O–H groups in total. The Bertz CT molecular complexity index is 415. The molecule has 0 spiro atoms. The fourth-order valence-corrected chi connectivity index (χ4v) is 2.93. The van der Waals surface area contributed by atoms with E-state index in [9.17, 15) is 0 Å². The highest BCUT2D eigenvalue weighted by Crippen LogP contribution is 2.37. The third-order valence-electron chi connectivity index (χ3n) is 4.01. The average Bonchev–Trinajstić information content (AvgIpc) is 2.80. The molecule has 1 fully saturated rings. The van der Waals surface area contributed by atoms with Crippen LogP contribution in [-0.2, 0) is 15.9 Å². The van der Waals surface area contributed by atoms with Crippen molar-refractivity contribution in [3.63, 3.8) is 0 Å². The molecular formula is C16H23ClO2. The van der Waals surface area contributed by atoms with Crippen molar-refractivity contribution in [2.75, 3.05) is 0 Å². The van der Waals surface area contributed by atoms with Crippen molar-refractivity contribution in [3.05, 3.63) is 34.9 Å². The van der Waals surface area contributed by atoms with Crippen molar-refractivity contribution < 1.29 is 9.47 Å². The Balaban J connectivity index is 2.13. The first kappa shape index (κ1) is 14.8. The van der Waals surface area contributed by atoms with Gasteiger partial charge in [-0.1, -0.05) is 50.6 Å². The molecule has 3 heteroatoms. The molecule has 1 aromatic rings. The molecule has 0 aromatic heterocycles. The smallest absolute Gasteiger partial charge is 0.168 e. The van der Waals surface area contributed by atoms with E-state index in [1.807, 2.05) is 18.2 Å². The minimum atomic E-state index is -0.396. The van der Waals surface area contributed by atoms with Gasteiger partial charge in [-0.2, -0.15) is 0 Å². The zero-order valence-corrected chi connectivity index (χ0v) is 12.7. The van der Waals surface area contributed by atoms with Crippen LogP contribution < -0.4 is 0 Å². The molecule has 19 heavy (non-hydrogen) atoms. The summed E-state index contributed by atoms with van der Waals surface area (Å²) in [6, 6.07) is 7.97. The predicted octanol–water partition coefficient (Wildman–Crippen LogP) is 4.59. The van der Waals surface area contributed by atoms with Gasteiger partial charge in [-0.05, 0) is 30.9 Å². The number of halogens is 1. The third kappa shape index (κ3) is 3.13. The van der Waals surface area contributed by atoms with Crippen LogP contribution in [0.25, 0.3) is 0 Å². The van der Waals surface area contributed by atoms with Crippen LogP contribution in [0.4, 0.5) is 0 Å². The third-order valence-corrected chi connectivity index (χ3v) is 4.37. The molecule has 1 saturated heterocycles. The maximum Gasteiger partial charge on any atom is 0.168 e. The van der Waals surface area contributed by atoms with E-state index in [-0.39, 0.29) is 12.2 Å². The van der Waals surface area contributed by atoms with Crippen LogP contribution >= 0.6 is 11.6 Å². The number of benzene rings is 1. The molecule has 1 aromatic carbocycles. The lowest BCUT2D eigenvalue weighted by atomic mass is 10.0. The first-order valence-corrected chi connectivity index (χ1v) is 7.61. The van der Waals surface area contributed by atoms with Crippen molar-refractivity contribution in [1.29, 1.82) is 0 Å². The van der Waals surface area contributed by atoms with E-state index in [0.29, 0.717) is 0 Å². The van der Waals surface area contributed by atoms with Crippen molar-refractivity contribution in [1.82, 2.24) is 0 Å². The number of rotatable bonds is 5. The van der Waals surface area contributed by atoms with Crippen LogP contribution in [0.1, 0.15) is 45.6 Å². The van der Waals surface area contributed by atoms with E-state index in [1.54, 1.807) is 0 Å². The second-order valence-electron chi connectivity index (χ2n) is 5.13. The van der Waals surface area contributed by atoms with E-state index < -0.39 is 5.79 Å². The Morgan fingerprint density at radius 2 is 1.68 bits per heavy atom.